The first-order chi connectivity index (χ1) is 15.7. The van der Waals surface area contributed by atoms with Crippen molar-refractivity contribution in [3.63, 3.8) is 0 Å². The van der Waals surface area contributed by atoms with Crippen molar-refractivity contribution in [2.75, 3.05) is 12.0 Å². The van der Waals surface area contributed by atoms with Gasteiger partial charge in [-0.1, -0.05) is 47.5 Å². The number of aromatic hydroxyl groups is 1. The van der Waals surface area contributed by atoms with Crippen molar-refractivity contribution in [2.24, 2.45) is 0 Å². The number of phenols is 1. The van der Waals surface area contributed by atoms with Gasteiger partial charge in [0.15, 0.2) is 0 Å². The number of rotatable bonds is 4. The molecular weight excluding hydrogens is 472 g/mol. The number of benzene rings is 3. The Balaban J connectivity index is 2.03. The zero-order valence-corrected chi connectivity index (χ0v) is 18.6. The molecule has 6 nitrogen and oxygen atoms in total. The van der Waals surface area contributed by atoms with E-state index >= 15 is 0 Å². The third-order valence-electron chi connectivity index (χ3n) is 5.24. The van der Waals surface area contributed by atoms with Crippen molar-refractivity contribution in [3.05, 3.63) is 93.2 Å². The molecule has 1 amide bonds. The Kier molecular flexibility index (Phi) is 6.01. The highest BCUT2D eigenvalue weighted by Crippen LogP contribution is 2.46. The summed E-state index contributed by atoms with van der Waals surface area (Å²) < 4.78 is 18.9. The van der Waals surface area contributed by atoms with Gasteiger partial charge in [-0.2, -0.15) is 0 Å². The van der Waals surface area contributed by atoms with Gasteiger partial charge < -0.3 is 14.9 Å². The minimum atomic E-state index is -1.18. The molecule has 168 valence electrons. The minimum absolute atomic E-state index is 0.00241. The Morgan fingerprint density at radius 3 is 2.36 bits per heavy atom. The number of aliphatic hydroxyl groups excluding tert-OH is 1. The molecule has 1 atom stereocenters. The molecule has 9 heteroatoms. The van der Waals surface area contributed by atoms with Gasteiger partial charge in [0.1, 0.15) is 23.1 Å². The Bertz CT molecular complexity index is 1310. The summed E-state index contributed by atoms with van der Waals surface area (Å²) in [5.74, 6) is -3.31. The average Bonchev–Trinajstić information content (AvgIpc) is 3.04. The Labute approximate surface area is 198 Å². The normalized spacial score (nSPS) is 17.5. The number of Topliss-reactive ketones (excluding diaryl/α,β-unsaturated/α-hetero) is 1. The van der Waals surface area contributed by atoms with Crippen LogP contribution >= 0.6 is 23.2 Å². The maximum absolute atomic E-state index is 13.6. The highest BCUT2D eigenvalue weighted by Gasteiger charge is 2.48. The summed E-state index contributed by atoms with van der Waals surface area (Å²) in [6, 6.07) is 12.6. The fourth-order valence-electron chi connectivity index (χ4n) is 3.80. The van der Waals surface area contributed by atoms with Crippen LogP contribution in [0.1, 0.15) is 17.2 Å². The summed E-state index contributed by atoms with van der Waals surface area (Å²) in [6.45, 7) is 0. The smallest absolute Gasteiger partial charge is 0.300 e. The molecule has 0 aromatic heterocycles. The predicted octanol–water partition coefficient (Wildman–Crippen LogP) is 5.47. The van der Waals surface area contributed by atoms with Gasteiger partial charge in [-0.3, -0.25) is 14.5 Å². The molecule has 0 radical (unpaired) electrons. The summed E-state index contributed by atoms with van der Waals surface area (Å²) >= 11 is 12.3. The van der Waals surface area contributed by atoms with Gasteiger partial charge in [0.25, 0.3) is 11.7 Å². The second-order valence-corrected chi connectivity index (χ2v) is 8.02. The van der Waals surface area contributed by atoms with E-state index in [9.17, 15) is 24.2 Å². The van der Waals surface area contributed by atoms with E-state index in [-0.39, 0.29) is 38.4 Å². The lowest BCUT2D eigenvalue weighted by atomic mass is 9.94. The predicted molar refractivity (Wildman–Crippen MR) is 122 cm³/mol. The van der Waals surface area contributed by atoms with Crippen LogP contribution in [0.5, 0.6) is 11.5 Å². The number of methoxy groups -OCH3 is 1. The lowest BCUT2D eigenvalue weighted by Crippen LogP contribution is -2.29. The van der Waals surface area contributed by atoms with Crippen molar-refractivity contribution in [1.29, 1.82) is 0 Å². The molecule has 0 bridgehead atoms. The summed E-state index contributed by atoms with van der Waals surface area (Å²) in [7, 11) is 1.32. The van der Waals surface area contributed by atoms with Crippen LogP contribution in [-0.2, 0) is 9.59 Å². The van der Waals surface area contributed by atoms with E-state index in [1.165, 1.54) is 43.5 Å². The van der Waals surface area contributed by atoms with Crippen molar-refractivity contribution >= 4 is 46.3 Å². The molecule has 1 unspecified atom stereocenters. The summed E-state index contributed by atoms with van der Waals surface area (Å²) in [5, 5.41) is 21.9. The van der Waals surface area contributed by atoms with E-state index < -0.39 is 29.3 Å². The Morgan fingerprint density at radius 2 is 1.73 bits per heavy atom. The molecule has 3 aromatic rings. The van der Waals surface area contributed by atoms with Crippen molar-refractivity contribution < 1.29 is 28.9 Å². The molecular formula is C24H16Cl2FNO5. The van der Waals surface area contributed by atoms with Gasteiger partial charge in [-0.15, -0.1) is 0 Å². The van der Waals surface area contributed by atoms with E-state index in [1.807, 2.05) is 0 Å². The van der Waals surface area contributed by atoms with Crippen LogP contribution in [0.4, 0.5) is 10.1 Å². The molecule has 1 saturated heterocycles. The molecule has 1 heterocycles. The number of carbonyl (C=O) groups excluding carboxylic acids is 2. The fraction of sp³-hybridized carbons (Fsp3) is 0.0833. The number of ketones is 1. The van der Waals surface area contributed by atoms with Gasteiger partial charge >= 0.3 is 0 Å². The second-order valence-electron chi connectivity index (χ2n) is 7.18. The summed E-state index contributed by atoms with van der Waals surface area (Å²) in [5.41, 5.74) is 0.0699. The highest BCUT2D eigenvalue weighted by atomic mass is 35.5. The third-order valence-corrected chi connectivity index (χ3v) is 5.74. The number of nitrogens with zero attached hydrogens (tertiary/aromatic N) is 1. The van der Waals surface area contributed by atoms with Crippen LogP contribution in [0.25, 0.3) is 5.76 Å². The van der Waals surface area contributed by atoms with Crippen molar-refractivity contribution in [3.8, 4) is 11.5 Å². The quantitative estimate of drug-likeness (QED) is 0.289. The van der Waals surface area contributed by atoms with Gasteiger partial charge in [-0.25, -0.2) is 4.39 Å². The van der Waals surface area contributed by atoms with Gasteiger partial charge in [0.05, 0.1) is 35.0 Å². The minimum Gasteiger partial charge on any atom is -0.507 e. The van der Waals surface area contributed by atoms with Crippen LogP contribution < -0.4 is 9.64 Å². The molecule has 4 rings (SSSR count). The van der Waals surface area contributed by atoms with E-state index in [4.69, 9.17) is 27.9 Å². The number of amides is 1. The van der Waals surface area contributed by atoms with Crippen LogP contribution in [0, 0.1) is 5.82 Å². The summed E-state index contributed by atoms with van der Waals surface area (Å²) in [4.78, 5) is 27.3. The number of hydrogen-bond donors (Lipinski definition) is 2. The number of para-hydroxylation sites is 2. The first-order valence-corrected chi connectivity index (χ1v) is 10.4. The second kappa shape index (κ2) is 8.77. The lowest BCUT2D eigenvalue weighted by molar-refractivity contribution is -0.132. The van der Waals surface area contributed by atoms with Crippen molar-refractivity contribution in [2.45, 2.75) is 6.04 Å². The largest absolute Gasteiger partial charge is 0.507 e. The van der Waals surface area contributed by atoms with E-state index in [0.717, 1.165) is 17.0 Å². The number of carbonyl (C=O) groups is 2. The molecule has 1 fully saturated rings. The molecule has 3 aromatic carbocycles. The molecule has 1 aliphatic rings. The Morgan fingerprint density at radius 1 is 1.06 bits per heavy atom. The fourth-order valence-corrected chi connectivity index (χ4v) is 4.37. The summed E-state index contributed by atoms with van der Waals surface area (Å²) in [6.07, 6.45) is 0. The number of hydrogen-bond acceptors (Lipinski definition) is 5. The standard InChI is InChI=1S/C24H16Cl2FNO5/c1-33-23-15(10-13(25)11-16(23)26)21(30)19-20(12-6-8-14(27)9-7-12)28(24(32)22(19)31)17-4-2-3-5-18(17)29/h2-11,20,29-30H,1H3/b21-19+. The van der Waals surface area contributed by atoms with E-state index in [1.54, 1.807) is 12.1 Å². The first kappa shape index (κ1) is 22.6. The third kappa shape index (κ3) is 3.90. The maximum Gasteiger partial charge on any atom is 0.300 e. The molecule has 2 N–H and O–H groups in total. The molecule has 0 aliphatic carbocycles. The molecule has 1 aliphatic heterocycles. The topological polar surface area (TPSA) is 87.1 Å². The van der Waals surface area contributed by atoms with Crippen LogP contribution in [0.15, 0.2) is 66.2 Å². The van der Waals surface area contributed by atoms with E-state index in [0.29, 0.717) is 5.56 Å². The Hall–Kier alpha value is -3.55. The van der Waals surface area contributed by atoms with Gasteiger partial charge in [-0.05, 0) is 42.0 Å². The number of halogens is 3. The van der Waals surface area contributed by atoms with Gasteiger partial charge in [0.2, 0.25) is 0 Å². The maximum atomic E-state index is 13.6. The number of anilines is 1. The number of ether oxygens (including phenoxy) is 1. The van der Waals surface area contributed by atoms with Crippen LogP contribution in [0.2, 0.25) is 10.0 Å². The number of phenolic OH excluding ortho intramolecular Hbond substituents is 1. The average molecular weight is 488 g/mol. The molecule has 33 heavy (non-hydrogen) atoms. The zero-order chi connectivity index (χ0) is 23.9. The first-order valence-electron chi connectivity index (χ1n) is 9.62. The van der Waals surface area contributed by atoms with E-state index in [2.05, 4.69) is 0 Å². The number of aliphatic hydroxyl groups is 1. The van der Waals surface area contributed by atoms with Crippen LogP contribution in [-0.4, -0.2) is 29.0 Å². The van der Waals surface area contributed by atoms with Crippen molar-refractivity contribution in [1.82, 2.24) is 0 Å². The molecule has 0 saturated carbocycles. The monoisotopic (exact) mass is 487 g/mol. The molecule has 0 spiro atoms. The van der Waals surface area contributed by atoms with Gasteiger partial charge in [0, 0.05) is 5.02 Å². The SMILES string of the molecule is COc1c(Cl)cc(Cl)cc1/C(O)=C1\C(=O)C(=O)N(c2ccccc2O)C1c1ccc(F)cc1. The zero-order valence-electron chi connectivity index (χ0n) is 17.1. The lowest BCUT2D eigenvalue weighted by Gasteiger charge is -2.26. The highest BCUT2D eigenvalue weighted by molar-refractivity contribution is 6.52. The van der Waals surface area contributed by atoms with Crippen LogP contribution in [0.3, 0.4) is 0 Å².